The molecule has 0 aromatic heterocycles. The van der Waals surface area contributed by atoms with Crippen LogP contribution >= 0.6 is 0 Å². The van der Waals surface area contributed by atoms with Crippen molar-refractivity contribution in [2.24, 2.45) is 5.92 Å². The second kappa shape index (κ2) is 12.4. The Balaban J connectivity index is 1.42. The van der Waals surface area contributed by atoms with Gasteiger partial charge in [-0.15, -0.1) is 0 Å². The minimum Gasteiger partial charge on any atom is -0.374 e. The summed E-state index contributed by atoms with van der Waals surface area (Å²) < 4.78 is 33.4. The lowest BCUT2D eigenvalue weighted by Gasteiger charge is -2.35. The number of ether oxygens (including phenoxy) is 1. The third-order valence-corrected chi connectivity index (χ3v) is 8.68. The van der Waals surface area contributed by atoms with Crippen LogP contribution in [0.4, 0.5) is 0 Å². The van der Waals surface area contributed by atoms with Gasteiger partial charge in [0.05, 0.1) is 24.2 Å². The van der Waals surface area contributed by atoms with Gasteiger partial charge in [0, 0.05) is 52.4 Å². The van der Waals surface area contributed by atoms with Gasteiger partial charge in [0.15, 0.2) is 0 Å². The summed E-state index contributed by atoms with van der Waals surface area (Å²) in [6, 6.07) is 7.26. The Morgan fingerprint density at radius 1 is 1.06 bits per heavy atom. The molecule has 3 rings (SSSR count). The summed E-state index contributed by atoms with van der Waals surface area (Å²) >= 11 is 0. The topological polar surface area (TPSA) is 82.2 Å². The second-order valence-electron chi connectivity index (χ2n) is 10.0. The highest BCUT2D eigenvalue weighted by molar-refractivity contribution is 7.89. The lowest BCUT2D eigenvalue weighted by Crippen LogP contribution is -2.52. The number of rotatable bonds is 10. The van der Waals surface area contributed by atoms with E-state index in [1.165, 1.54) is 4.31 Å². The van der Waals surface area contributed by atoms with E-state index in [-0.39, 0.29) is 18.6 Å². The normalized spacial score (nSPS) is 22.1. The molecule has 192 valence electrons. The van der Waals surface area contributed by atoms with E-state index < -0.39 is 10.0 Å². The molecule has 2 saturated heterocycles. The molecule has 2 atom stereocenters. The first-order chi connectivity index (χ1) is 16.2. The Hall–Kier alpha value is -1.52. The predicted octanol–water partition coefficient (Wildman–Crippen LogP) is 1.98. The van der Waals surface area contributed by atoms with Crippen LogP contribution in [-0.4, -0.2) is 100 Å². The minimum atomic E-state index is -3.52. The third-order valence-electron chi connectivity index (χ3n) is 6.77. The summed E-state index contributed by atoms with van der Waals surface area (Å²) in [6.07, 6.45) is 1.04. The third kappa shape index (κ3) is 7.49. The van der Waals surface area contributed by atoms with Crippen molar-refractivity contribution in [3.05, 3.63) is 29.8 Å². The maximum atomic E-state index is 13.0. The minimum absolute atomic E-state index is 0.0187. The zero-order valence-electron chi connectivity index (χ0n) is 21.2. The number of nitrogens with zero attached hydrogens (tertiary/aromatic N) is 3. The Kier molecular flexibility index (Phi) is 9.91. The molecule has 1 N–H and O–H groups in total. The molecule has 1 amide bonds. The first-order valence-electron chi connectivity index (χ1n) is 12.6. The standard InChI is InChI=1S/C25H42N4O4S/c1-5-21(4)22-6-8-24(9-7-22)34(31,32)29-12-10-27(11-13-29)19-25(30)26-16-23-18-28(14-15-33-23)17-20(2)3/h6-9,20-21,23H,5,10-19H2,1-4H3,(H,26,30)/t21-,23+/m0/s1. The molecule has 2 aliphatic rings. The molecule has 0 saturated carbocycles. The molecule has 1 aromatic rings. The fraction of sp³-hybridized carbons (Fsp3) is 0.720. The zero-order chi connectivity index (χ0) is 24.7. The summed E-state index contributed by atoms with van der Waals surface area (Å²) in [5.41, 5.74) is 1.16. The fourth-order valence-corrected chi connectivity index (χ4v) is 5.98. The van der Waals surface area contributed by atoms with E-state index >= 15 is 0 Å². The van der Waals surface area contributed by atoms with Crippen LogP contribution in [0.15, 0.2) is 29.2 Å². The molecular formula is C25H42N4O4S. The number of sulfonamides is 1. The van der Waals surface area contributed by atoms with Crippen molar-refractivity contribution in [1.82, 2.24) is 19.4 Å². The maximum absolute atomic E-state index is 13.0. The van der Waals surface area contributed by atoms with E-state index in [0.717, 1.165) is 31.6 Å². The second-order valence-corrected chi connectivity index (χ2v) is 11.9. The van der Waals surface area contributed by atoms with Gasteiger partial charge in [0.2, 0.25) is 15.9 Å². The number of hydrogen-bond acceptors (Lipinski definition) is 6. The molecule has 2 aliphatic heterocycles. The van der Waals surface area contributed by atoms with E-state index in [2.05, 4.69) is 37.9 Å². The van der Waals surface area contributed by atoms with Gasteiger partial charge >= 0.3 is 0 Å². The quantitative estimate of drug-likeness (QED) is 0.536. The van der Waals surface area contributed by atoms with Crippen LogP contribution in [0.5, 0.6) is 0 Å². The molecule has 0 bridgehead atoms. The van der Waals surface area contributed by atoms with Gasteiger partial charge in [-0.3, -0.25) is 14.6 Å². The Morgan fingerprint density at radius 2 is 1.74 bits per heavy atom. The van der Waals surface area contributed by atoms with E-state index in [1.807, 2.05) is 17.0 Å². The van der Waals surface area contributed by atoms with E-state index in [9.17, 15) is 13.2 Å². The van der Waals surface area contributed by atoms with Gasteiger partial charge in [0.1, 0.15) is 0 Å². The summed E-state index contributed by atoms with van der Waals surface area (Å²) in [7, 11) is -3.52. The zero-order valence-corrected chi connectivity index (χ0v) is 22.0. The fourth-order valence-electron chi connectivity index (χ4n) is 4.55. The van der Waals surface area contributed by atoms with E-state index in [1.54, 1.807) is 12.1 Å². The lowest BCUT2D eigenvalue weighted by molar-refractivity contribution is -0.123. The van der Waals surface area contributed by atoms with Crippen LogP contribution in [0.25, 0.3) is 0 Å². The van der Waals surface area contributed by atoms with E-state index in [0.29, 0.717) is 56.1 Å². The first-order valence-corrected chi connectivity index (χ1v) is 14.1. The molecule has 2 fully saturated rings. The lowest BCUT2D eigenvalue weighted by atomic mass is 9.99. The summed E-state index contributed by atoms with van der Waals surface area (Å²) in [6.45, 7) is 14.9. The number of carbonyl (C=O) groups is 1. The Bertz CT molecular complexity index is 883. The molecule has 0 unspecified atom stereocenters. The van der Waals surface area contributed by atoms with Gasteiger partial charge in [-0.1, -0.05) is 39.8 Å². The first kappa shape index (κ1) is 27.1. The van der Waals surface area contributed by atoms with Crippen LogP contribution in [0.2, 0.25) is 0 Å². The van der Waals surface area contributed by atoms with Crippen LogP contribution in [0, 0.1) is 5.92 Å². The molecule has 9 heteroatoms. The molecule has 0 aliphatic carbocycles. The van der Waals surface area contributed by atoms with Crippen molar-refractivity contribution in [1.29, 1.82) is 0 Å². The highest BCUT2D eigenvalue weighted by Crippen LogP contribution is 2.23. The molecule has 0 radical (unpaired) electrons. The van der Waals surface area contributed by atoms with Gasteiger partial charge in [0.25, 0.3) is 0 Å². The molecule has 8 nitrogen and oxygen atoms in total. The van der Waals surface area contributed by atoms with Crippen LogP contribution < -0.4 is 5.32 Å². The van der Waals surface area contributed by atoms with Gasteiger partial charge in [-0.05, 0) is 36.0 Å². The van der Waals surface area contributed by atoms with Crippen LogP contribution in [0.1, 0.15) is 45.6 Å². The van der Waals surface area contributed by atoms with Crippen molar-refractivity contribution in [3.8, 4) is 0 Å². The van der Waals surface area contributed by atoms with E-state index in [4.69, 9.17) is 4.74 Å². The number of piperazine rings is 1. The summed E-state index contributed by atoms with van der Waals surface area (Å²) in [5.74, 6) is 0.983. The van der Waals surface area contributed by atoms with Crippen molar-refractivity contribution >= 4 is 15.9 Å². The average molecular weight is 495 g/mol. The summed E-state index contributed by atoms with van der Waals surface area (Å²) in [5, 5.41) is 3.00. The highest BCUT2D eigenvalue weighted by atomic mass is 32.2. The Morgan fingerprint density at radius 3 is 2.35 bits per heavy atom. The average Bonchev–Trinajstić information content (AvgIpc) is 2.82. The number of nitrogens with one attached hydrogen (secondary N) is 1. The number of amides is 1. The number of hydrogen-bond donors (Lipinski definition) is 1. The van der Waals surface area contributed by atoms with Crippen molar-refractivity contribution in [2.75, 3.05) is 65.5 Å². The number of benzene rings is 1. The van der Waals surface area contributed by atoms with Gasteiger partial charge < -0.3 is 10.1 Å². The van der Waals surface area contributed by atoms with Crippen LogP contribution in [0.3, 0.4) is 0 Å². The molecule has 0 spiro atoms. The smallest absolute Gasteiger partial charge is 0.243 e. The summed E-state index contributed by atoms with van der Waals surface area (Å²) in [4.78, 5) is 17.2. The van der Waals surface area contributed by atoms with Crippen molar-refractivity contribution in [2.45, 2.75) is 51.0 Å². The SMILES string of the molecule is CC[C@H](C)c1ccc(S(=O)(=O)N2CCN(CC(=O)NC[C@@H]3CN(CC(C)C)CCO3)CC2)cc1. The van der Waals surface area contributed by atoms with Crippen molar-refractivity contribution < 1.29 is 17.9 Å². The molecule has 34 heavy (non-hydrogen) atoms. The molecular weight excluding hydrogens is 452 g/mol. The highest BCUT2D eigenvalue weighted by Gasteiger charge is 2.29. The Labute approximate surface area is 205 Å². The monoisotopic (exact) mass is 494 g/mol. The molecule has 2 heterocycles. The predicted molar refractivity (Wildman–Crippen MR) is 134 cm³/mol. The number of carbonyl (C=O) groups excluding carboxylic acids is 1. The maximum Gasteiger partial charge on any atom is 0.243 e. The van der Waals surface area contributed by atoms with Crippen LogP contribution in [-0.2, 0) is 19.6 Å². The largest absolute Gasteiger partial charge is 0.374 e. The number of morpholine rings is 1. The van der Waals surface area contributed by atoms with Crippen molar-refractivity contribution in [3.63, 3.8) is 0 Å². The van der Waals surface area contributed by atoms with Gasteiger partial charge in [-0.2, -0.15) is 4.31 Å². The van der Waals surface area contributed by atoms with Gasteiger partial charge in [-0.25, -0.2) is 8.42 Å². The molecule has 1 aromatic carbocycles.